The molecule has 8 heteroatoms. The Morgan fingerprint density at radius 2 is 1.67 bits per heavy atom. The van der Waals surface area contributed by atoms with Crippen molar-refractivity contribution in [3.63, 3.8) is 0 Å². The fraction of sp³-hybridized carbons (Fsp3) is 0.714. The van der Waals surface area contributed by atoms with E-state index in [2.05, 4.69) is 4.18 Å². The van der Waals surface area contributed by atoms with E-state index in [4.69, 9.17) is 10.2 Å². The van der Waals surface area contributed by atoms with Crippen LogP contribution in [0.3, 0.4) is 0 Å². The van der Waals surface area contributed by atoms with Crippen molar-refractivity contribution in [2.75, 3.05) is 12.9 Å². The van der Waals surface area contributed by atoms with Crippen molar-refractivity contribution >= 4 is 22.1 Å². The van der Waals surface area contributed by atoms with Gasteiger partial charge in [-0.2, -0.15) is 8.42 Å². The Hall–Kier alpha value is -1.15. The maximum atomic E-state index is 10.1. The van der Waals surface area contributed by atoms with Gasteiger partial charge in [0.2, 0.25) is 0 Å². The summed E-state index contributed by atoms with van der Waals surface area (Å²) < 4.78 is 24.0. The van der Waals surface area contributed by atoms with Crippen LogP contribution >= 0.6 is 0 Å². The largest absolute Gasteiger partial charge is 0.481 e. The monoisotopic (exact) mass is 242 g/mol. The molecule has 0 heterocycles. The topological polar surface area (TPSA) is 118 Å². The minimum absolute atomic E-state index is 0.292. The van der Waals surface area contributed by atoms with Crippen molar-refractivity contribution < 1.29 is 32.4 Å². The summed E-state index contributed by atoms with van der Waals surface area (Å²) in [6.07, 6.45) is 1.81. The van der Waals surface area contributed by atoms with E-state index in [0.29, 0.717) is 6.42 Å². The molecule has 0 rings (SSSR count). The lowest BCUT2D eigenvalue weighted by Crippen LogP contribution is -2.11. The van der Waals surface area contributed by atoms with Crippen LogP contribution in [0.4, 0.5) is 0 Å². The Labute approximate surface area is 87.8 Å². The standard InChI is InChI=1S/C4H8O2.C3H6O5S/c1-2-3-4(5)6;1-9(6,7)8-2-3(4)5/h2-3H2,1H3,(H,5,6);2H2,1H3,(H,4,5). The first kappa shape index (κ1) is 16.3. The lowest BCUT2D eigenvalue weighted by atomic mass is 10.4. The number of hydrogen-bond acceptors (Lipinski definition) is 5. The summed E-state index contributed by atoms with van der Waals surface area (Å²) >= 11 is 0. The van der Waals surface area contributed by atoms with E-state index in [1.165, 1.54) is 0 Å². The summed E-state index contributed by atoms with van der Waals surface area (Å²) in [5, 5.41) is 15.8. The van der Waals surface area contributed by atoms with E-state index in [9.17, 15) is 18.0 Å². The van der Waals surface area contributed by atoms with Gasteiger partial charge in [-0.1, -0.05) is 6.92 Å². The highest BCUT2D eigenvalue weighted by molar-refractivity contribution is 7.86. The van der Waals surface area contributed by atoms with Gasteiger partial charge in [0.25, 0.3) is 10.1 Å². The van der Waals surface area contributed by atoms with Crippen LogP contribution in [0.2, 0.25) is 0 Å². The third kappa shape index (κ3) is 24.5. The van der Waals surface area contributed by atoms with Gasteiger partial charge in [0.15, 0.2) is 6.61 Å². The van der Waals surface area contributed by atoms with Gasteiger partial charge in [0.1, 0.15) is 0 Å². The molecule has 0 aliphatic carbocycles. The summed E-state index contributed by atoms with van der Waals surface area (Å²) in [5.74, 6) is -2.02. The van der Waals surface area contributed by atoms with E-state index in [-0.39, 0.29) is 0 Å². The molecule has 0 amide bonds. The molecule has 0 aliphatic rings. The summed E-state index contributed by atoms with van der Waals surface area (Å²) in [5.41, 5.74) is 0. The van der Waals surface area contributed by atoms with Gasteiger partial charge >= 0.3 is 11.9 Å². The lowest BCUT2D eigenvalue weighted by Gasteiger charge is -1.93. The van der Waals surface area contributed by atoms with Crippen LogP contribution in [-0.2, 0) is 23.9 Å². The molecule has 0 unspecified atom stereocenters. The van der Waals surface area contributed by atoms with Gasteiger partial charge in [-0.05, 0) is 6.42 Å². The first-order valence-electron chi connectivity index (χ1n) is 3.97. The molecule has 15 heavy (non-hydrogen) atoms. The maximum Gasteiger partial charge on any atom is 0.331 e. The Balaban J connectivity index is 0. The number of rotatable bonds is 5. The second-order valence-corrected chi connectivity index (χ2v) is 4.15. The van der Waals surface area contributed by atoms with Gasteiger partial charge < -0.3 is 10.2 Å². The van der Waals surface area contributed by atoms with Crippen LogP contribution in [0.5, 0.6) is 0 Å². The minimum atomic E-state index is -3.60. The molecule has 0 fully saturated rings. The highest BCUT2D eigenvalue weighted by atomic mass is 32.2. The average molecular weight is 242 g/mol. The van der Waals surface area contributed by atoms with E-state index < -0.39 is 28.7 Å². The molecule has 0 saturated heterocycles. The summed E-state index contributed by atoms with van der Waals surface area (Å²) in [6.45, 7) is 1.03. The van der Waals surface area contributed by atoms with Crippen LogP contribution < -0.4 is 0 Å². The van der Waals surface area contributed by atoms with Crippen molar-refractivity contribution in [3.05, 3.63) is 0 Å². The molecule has 0 saturated carbocycles. The Morgan fingerprint density at radius 3 is 1.73 bits per heavy atom. The zero-order valence-electron chi connectivity index (χ0n) is 8.47. The molecule has 2 N–H and O–H groups in total. The zero-order chi connectivity index (χ0) is 12.5. The molecule has 0 radical (unpaired) electrons. The summed E-state index contributed by atoms with van der Waals surface area (Å²) in [4.78, 5) is 19.3. The molecule has 7 nitrogen and oxygen atoms in total. The van der Waals surface area contributed by atoms with E-state index in [1.807, 2.05) is 6.92 Å². The van der Waals surface area contributed by atoms with Gasteiger partial charge in [-0.25, -0.2) is 4.79 Å². The molecule has 0 aromatic carbocycles. The number of carboxylic acids is 2. The zero-order valence-corrected chi connectivity index (χ0v) is 9.28. The van der Waals surface area contributed by atoms with Crippen LogP contribution in [-0.4, -0.2) is 43.4 Å². The van der Waals surface area contributed by atoms with Gasteiger partial charge in [0, 0.05) is 6.42 Å². The third-order valence-corrected chi connectivity index (χ3v) is 1.41. The molecule has 0 aliphatic heterocycles. The van der Waals surface area contributed by atoms with Crippen molar-refractivity contribution in [2.24, 2.45) is 0 Å². The third-order valence-electron chi connectivity index (χ3n) is 0.860. The average Bonchev–Trinajstić information content (AvgIpc) is 2.00. The fourth-order valence-corrected chi connectivity index (χ4v) is 0.686. The van der Waals surface area contributed by atoms with E-state index in [0.717, 1.165) is 12.7 Å². The number of aliphatic carboxylic acids is 2. The van der Waals surface area contributed by atoms with E-state index >= 15 is 0 Å². The number of hydrogen-bond donors (Lipinski definition) is 2. The smallest absolute Gasteiger partial charge is 0.331 e. The van der Waals surface area contributed by atoms with Crippen molar-refractivity contribution in [1.82, 2.24) is 0 Å². The maximum absolute atomic E-state index is 10.1. The Bertz CT molecular complexity index is 292. The molecule has 0 aromatic rings. The Kier molecular flexibility index (Phi) is 8.88. The summed E-state index contributed by atoms with van der Waals surface area (Å²) in [7, 11) is -3.60. The van der Waals surface area contributed by atoms with E-state index in [1.54, 1.807) is 0 Å². The molecule has 0 atom stereocenters. The van der Waals surface area contributed by atoms with Crippen molar-refractivity contribution in [1.29, 1.82) is 0 Å². The Morgan fingerprint density at radius 1 is 1.20 bits per heavy atom. The van der Waals surface area contributed by atoms with Crippen LogP contribution in [0.15, 0.2) is 0 Å². The molecule has 0 aromatic heterocycles. The minimum Gasteiger partial charge on any atom is -0.481 e. The quantitative estimate of drug-likeness (QED) is 0.647. The van der Waals surface area contributed by atoms with Crippen LogP contribution in [0.1, 0.15) is 19.8 Å². The fourth-order valence-electron chi connectivity index (χ4n) is 0.371. The predicted octanol–water partition coefficient (Wildman–Crippen LogP) is -0.0817. The van der Waals surface area contributed by atoms with Crippen molar-refractivity contribution in [2.45, 2.75) is 19.8 Å². The molecule has 0 spiro atoms. The highest BCUT2D eigenvalue weighted by Gasteiger charge is 2.04. The molecular formula is C7H14O7S. The molecule has 0 bridgehead atoms. The first-order valence-corrected chi connectivity index (χ1v) is 5.78. The second kappa shape index (κ2) is 8.18. The lowest BCUT2D eigenvalue weighted by molar-refractivity contribution is -0.139. The van der Waals surface area contributed by atoms with Crippen molar-refractivity contribution in [3.8, 4) is 0 Å². The molecule has 90 valence electrons. The second-order valence-electron chi connectivity index (χ2n) is 2.50. The first-order chi connectivity index (χ1) is 6.69. The number of carboxylic acid groups (broad SMARTS) is 2. The normalized spacial score (nSPS) is 10.0. The number of carbonyl (C=O) groups is 2. The molecular weight excluding hydrogens is 228 g/mol. The highest BCUT2D eigenvalue weighted by Crippen LogP contribution is 1.84. The van der Waals surface area contributed by atoms with Gasteiger partial charge in [0.05, 0.1) is 6.26 Å². The van der Waals surface area contributed by atoms with Crippen LogP contribution in [0, 0.1) is 0 Å². The van der Waals surface area contributed by atoms with Crippen LogP contribution in [0.25, 0.3) is 0 Å². The predicted molar refractivity (Wildman–Crippen MR) is 51.0 cm³/mol. The van der Waals surface area contributed by atoms with Gasteiger partial charge in [-0.3, -0.25) is 8.98 Å². The van der Waals surface area contributed by atoms with Gasteiger partial charge in [-0.15, -0.1) is 0 Å². The summed E-state index contributed by atoms with van der Waals surface area (Å²) in [6, 6.07) is 0. The SMILES string of the molecule is CCCC(=O)O.CS(=O)(=O)OCC(=O)O.